The maximum atomic E-state index is 9.71. The number of aliphatic hydroxyl groups excluding tert-OH is 1. The lowest BCUT2D eigenvalue weighted by Crippen LogP contribution is -2.15. The van der Waals surface area contributed by atoms with Crippen LogP contribution in [-0.4, -0.2) is 24.9 Å². The van der Waals surface area contributed by atoms with E-state index >= 15 is 0 Å². The Hall–Kier alpha value is -1.06. The van der Waals surface area contributed by atoms with Crippen molar-refractivity contribution in [2.75, 3.05) is 13.7 Å². The van der Waals surface area contributed by atoms with Crippen LogP contribution in [0.25, 0.3) is 0 Å². The van der Waals surface area contributed by atoms with Gasteiger partial charge in [0.25, 0.3) is 0 Å². The van der Waals surface area contributed by atoms with Gasteiger partial charge in [0, 0.05) is 25.7 Å². The van der Waals surface area contributed by atoms with Crippen LogP contribution in [0.1, 0.15) is 37.5 Å². The number of hydrogen-bond acceptors (Lipinski definition) is 3. The highest BCUT2D eigenvalue weighted by Gasteiger charge is 2.12. The van der Waals surface area contributed by atoms with Crippen molar-refractivity contribution < 1.29 is 14.6 Å². The highest BCUT2D eigenvalue weighted by atomic mass is 16.5. The molecule has 3 nitrogen and oxygen atoms in total. The van der Waals surface area contributed by atoms with Crippen LogP contribution in [-0.2, 0) is 4.74 Å². The predicted molar refractivity (Wildman–Crippen MR) is 68.4 cm³/mol. The van der Waals surface area contributed by atoms with Gasteiger partial charge >= 0.3 is 0 Å². The van der Waals surface area contributed by atoms with E-state index in [2.05, 4.69) is 0 Å². The second-order valence-electron chi connectivity index (χ2n) is 4.43. The molecule has 96 valence electrons. The van der Waals surface area contributed by atoms with Gasteiger partial charge in [-0.3, -0.25) is 0 Å². The van der Waals surface area contributed by atoms with Crippen molar-refractivity contribution in [1.29, 1.82) is 0 Å². The molecule has 1 N–H and O–H groups in total. The lowest BCUT2D eigenvalue weighted by Gasteiger charge is -2.19. The van der Waals surface area contributed by atoms with Crippen LogP contribution >= 0.6 is 0 Å². The van der Waals surface area contributed by atoms with Crippen LogP contribution in [0.4, 0.5) is 0 Å². The Morgan fingerprint density at radius 2 is 2.00 bits per heavy atom. The first-order chi connectivity index (χ1) is 8.04. The fourth-order valence-corrected chi connectivity index (χ4v) is 1.66. The van der Waals surface area contributed by atoms with E-state index in [-0.39, 0.29) is 6.10 Å². The number of benzene rings is 1. The van der Waals surface area contributed by atoms with Gasteiger partial charge in [0.15, 0.2) is 0 Å². The largest absolute Gasteiger partial charge is 0.490 e. The highest BCUT2D eigenvalue weighted by Crippen LogP contribution is 2.27. The molecule has 0 saturated heterocycles. The molecule has 0 heterocycles. The smallest absolute Gasteiger partial charge is 0.125 e. The molecule has 0 fully saturated rings. The fourth-order valence-electron chi connectivity index (χ4n) is 1.66. The summed E-state index contributed by atoms with van der Waals surface area (Å²) in [5.74, 6) is 0.759. The maximum Gasteiger partial charge on any atom is 0.125 e. The van der Waals surface area contributed by atoms with E-state index in [4.69, 9.17) is 9.47 Å². The molecule has 0 aliphatic rings. The first-order valence-corrected chi connectivity index (χ1v) is 5.98. The molecule has 0 bridgehead atoms. The number of aryl methyl sites for hydroxylation is 1. The third-order valence-electron chi connectivity index (χ3n) is 2.67. The summed E-state index contributed by atoms with van der Waals surface area (Å²) in [4.78, 5) is 0. The average molecular weight is 238 g/mol. The van der Waals surface area contributed by atoms with Crippen LogP contribution in [0.15, 0.2) is 18.2 Å². The van der Waals surface area contributed by atoms with E-state index in [1.165, 1.54) is 0 Å². The van der Waals surface area contributed by atoms with Gasteiger partial charge in [0.05, 0.1) is 12.2 Å². The molecular formula is C14H22O3. The average Bonchev–Trinajstić information content (AvgIpc) is 2.28. The number of methoxy groups -OCH3 is 1. The molecule has 0 aliphatic carbocycles. The van der Waals surface area contributed by atoms with Crippen molar-refractivity contribution in [3.8, 4) is 5.75 Å². The van der Waals surface area contributed by atoms with Gasteiger partial charge in [-0.05, 0) is 32.9 Å². The Labute approximate surface area is 103 Å². The summed E-state index contributed by atoms with van der Waals surface area (Å²) in [6.07, 6.45) is 0.401. The van der Waals surface area contributed by atoms with E-state index in [0.29, 0.717) is 6.61 Å². The fraction of sp³-hybridized carbons (Fsp3) is 0.571. The lowest BCUT2D eigenvalue weighted by molar-refractivity contribution is 0.130. The minimum absolute atomic E-state index is 0.0788. The molecule has 0 amide bonds. The van der Waals surface area contributed by atoms with Crippen LogP contribution in [0.5, 0.6) is 5.75 Å². The van der Waals surface area contributed by atoms with Crippen LogP contribution in [0.3, 0.4) is 0 Å². The minimum Gasteiger partial charge on any atom is -0.490 e. The number of aliphatic hydroxyl groups is 1. The molecular weight excluding hydrogens is 216 g/mol. The molecule has 0 aromatic heterocycles. The first-order valence-electron chi connectivity index (χ1n) is 5.98. The van der Waals surface area contributed by atoms with Crippen molar-refractivity contribution in [3.05, 3.63) is 29.3 Å². The van der Waals surface area contributed by atoms with Crippen molar-refractivity contribution >= 4 is 0 Å². The second-order valence-corrected chi connectivity index (χ2v) is 4.43. The summed E-state index contributed by atoms with van der Waals surface area (Å²) in [7, 11) is 1.68. The van der Waals surface area contributed by atoms with Crippen molar-refractivity contribution in [2.24, 2.45) is 0 Å². The summed E-state index contributed by atoms with van der Waals surface area (Å²) >= 11 is 0. The van der Waals surface area contributed by atoms with Gasteiger partial charge in [0.1, 0.15) is 5.75 Å². The zero-order chi connectivity index (χ0) is 12.8. The molecule has 0 aliphatic heterocycles. The Bertz CT molecular complexity index is 347. The predicted octanol–water partition coefficient (Wildman–Crippen LogP) is 2.85. The molecule has 0 spiro atoms. The molecule has 1 aromatic carbocycles. The summed E-state index contributed by atoms with van der Waals surface area (Å²) in [6.45, 7) is 6.44. The highest BCUT2D eigenvalue weighted by molar-refractivity contribution is 5.38. The summed E-state index contributed by atoms with van der Waals surface area (Å²) in [5.41, 5.74) is 1.96. The molecule has 1 aromatic rings. The van der Waals surface area contributed by atoms with Crippen LogP contribution in [0.2, 0.25) is 0 Å². The number of hydrogen-bond donors (Lipinski definition) is 1. The van der Waals surface area contributed by atoms with E-state index in [9.17, 15) is 5.11 Å². The summed E-state index contributed by atoms with van der Waals surface area (Å²) in [5, 5.41) is 9.71. The van der Waals surface area contributed by atoms with E-state index in [1.54, 1.807) is 14.0 Å². The molecule has 2 atom stereocenters. The third-order valence-corrected chi connectivity index (χ3v) is 2.67. The number of rotatable bonds is 6. The van der Waals surface area contributed by atoms with Crippen molar-refractivity contribution in [1.82, 2.24) is 0 Å². The van der Waals surface area contributed by atoms with Gasteiger partial charge in [-0.2, -0.15) is 0 Å². The van der Waals surface area contributed by atoms with Gasteiger partial charge in [-0.15, -0.1) is 0 Å². The topological polar surface area (TPSA) is 38.7 Å². The molecule has 3 heteroatoms. The van der Waals surface area contributed by atoms with E-state index < -0.39 is 6.10 Å². The molecule has 2 unspecified atom stereocenters. The Morgan fingerprint density at radius 1 is 1.29 bits per heavy atom. The van der Waals surface area contributed by atoms with Gasteiger partial charge in [-0.25, -0.2) is 0 Å². The first kappa shape index (κ1) is 14.0. The molecule has 1 rings (SSSR count). The zero-order valence-electron chi connectivity index (χ0n) is 11.1. The Balaban J connectivity index is 2.76. The second kappa shape index (κ2) is 6.62. The lowest BCUT2D eigenvalue weighted by atomic mass is 10.1. The number of ether oxygens (including phenoxy) is 2. The quantitative estimate of drug-likeness (QED) is 0.828. The monoisotopic (exact) mass is 238 g/mol. The van der Waals surface area contributed by atoms with Gasteiger partial charge in [0.2, 0.25) is 0 Å². The van der Waals surface area contributed by atoms with Crippen LogP contribution in [0, 0.1) is 6.92 Å². The van der Waals surface area contributed by atoms with E-state index in [0.717, 1.165) is 23.3 Å². The van der Waals surface area contributed by atoms with Gasteiger partial charge in [-0.1, -0.05) is 11.6 Å². The normalized spacial score (nSPS) is 14.4. The SMILES string of the molecule is COCCC(C)Oc1ccc(C)cc1C(C)O. The molecule has 0 radical (unpaired) electrons. The third kappa shape index (κ3) is 4.36. The Kier molecular flexibility index (Phi) is 5.45. The van der Waals surface area contributed by atoms with Crippen molar-refractivity contribution in [2.45, 2.75) is 39.4 Å². The Morgan fingerprint density at radius 3 is 2.59 bits per heavy atom. The molecule has 0 saturated carbocycles. The summed E-state index contributed by atoms with van der Waals surface area (Å²) in [6, 6.07) is 5.87. The molecule has 17 heavy (non-hydrogen) atoms. The van der Waals surface area contributed by atoms with Crippen molar-refractivity contribution in [3.63, 3.8) is 0 Å². The maximum absolute atomic E-state index is 9.71. The summed E-state index contributed by atoms with van der Waals surface area (Å²) < 4.78 is 10.8. The standard InChI is InChI=1S/C14H22O3/c1-10-5-6-14(13(9-10)12(3)15)17-11(2)7-8-16-4/h5-6,9,11-12,15H,7-8H2,1-4H3. The van der Waals surface area contributed by atoms with Gasteiger partial charge < -0.3 is 14.6 Å². The van der Waals surface area contributed by atoms with E-state index in [1.807, 2.05) is 32.0 Å². The minimum atomic E-state index is -0.514. The zero-order valence-corrected chi connectivity index (χ0v) is 11.1. The van der Waals surface area contributed by atoms with Crippen LogP contribution < -0.4 is 4.74 Å².